The predicted octanol–water partition coefficient (Wildman–Crippen LogP) is -2.03. The van der Waals surface area contributed by atoms with Gasteiger partial charge in [-0.3, -0.25) is 29.4 Å². The highest BCUT2D eigenvalue weighted by Crippen LogP contribution is 2.10. The van der Waals surface area contributed by atoms with Crippen molar-refractivity contribution in [2.75, 3.05) is 18.8 Å². The van der Waals surface area contributed by atoms with Crippen LogP contribution in [0.5, 0.6) is 0 Å². The lowest BCUT2D eigenvalue weighted by molar-refractivity contribution is -0.141. The van der Waals surface area contributed by atoms with E-state index >= 15 is 0 Å². The number of thiol groups is 1. The first-order chi connectivity index (χ1) is 26.6. The van der Waals surface area contributed by atoms with Crippen LogP contribution in [-0.2, 0) is 41.6 Å². The molecule has 0 saturated heterocycles. The molecule has 0 bridgehead atoms. The standard InChI is InChI=1S/C36H53N11O8S/c1-21(37)29(48)43-24(15-9-17-42-36(40)55)30(49)45-26(18-22-10-4-2-5-11-22)32(51)44-25(14-8-16-41-35(38)39)31(50)46-27(19-23-12-6-3-7-13-23)33(52)47-28(20-56)34(53)54/h2-7,10-13,21,24-28,56H,8-9,14-20,37H2,1H3,(H,43,48)(H,44,51)(H,45,49)(H,46,50)(H,47,52)(H,53,54)(H4,38,39,41)(H3,40,42,55)/t21-,24+,25+,26-,27+,28+/m1/s1. The van der Waals surface area contributed by atoms with Crippen molar-refractivity contribution in [2.24, 2.45) is 17.2 Å². The first-order valence-electron chi connectivity index (χ1n) is 17.9. The number of benzene rings is 2. The van der Waals surface area contributed by atoms with Crippen LogP contribution >= 0.6 is 12.6 Å². The molecule has 0 aliphatic heterocycles. The lowest BCUT2D eigenvalue weighted by atomic mass is 10.0. The Morgan fingerprint density at radius 1 is 0.625 bits per heavy atom. The Morgan fingerprint density at radius 3 is 1.38 bits per heavy atom. The summed E-state index contributed by atoms with van der Waals surface area (Å²) in [5.41, 5.74) is 17.6. The largest absolute Gasteiger partial charge is 0.480 e. The molecular formula is C36H53N11O8S. The molecule has 56 heavy (non-hydrogen) atoms. The number of primary amides is 1. The second-order valence-corrected chi connectivity index (χ2v) is 13.3. The number of nitrogens with one attached hydrogen (secondary N) is 8. The molecule has 7 amide bonds. The van der Waals surface area contributed by atoms with Crippen LogP contribution < -0.4 is 54.4 Å². The van der Waals surface area contributed by atoms with Gasteiger partial charge in [-0.25, -0.2) is 9.59 Å². The maximum Gasteiger partial charge on any atom is 0.327 e. The zero-order valence-electron chi connectivity index (χ0n) is 31.1. The lowest BCUT2D eigenvalue weighted by Crippen LogP contribution is -2.60. The number of amides is 7. The molecule has 306 valence electrons. The number of aliphatic carboxylic acids is 1. The van der Waals surface area contributed by atoms with Gasteiger partial charge >= 0.3 is 12.0 Å². The Bertz CT molecular complexity index is 1640. The van der Waals surface area contributed by atoms with Crippen molar-refractivity contribution in [3.63, 3.8) is 0 Å². The van der Waals surface area contributed by atoms with Crippen LogP contribution in [0.2, 0.25) is 0 Å². The van der Waals surface area contributed by atoms with Crippen molar-refractivity contribution < 1.29 is 38.7 Å². The zero-order valence-corrected chi connectivity index (χ0v) is 32.0. The van der Waals surface area contributed by atoms with Gasteiger partial charge in [0, 0.05) is 31.7 Å². The Kier molecular flexibility index (Phi) is 20.2. The predicted molar refractivity (Wildman–Crippen MR) is 211 cm³/mol. The number of carboxylic acid groups (broad SMARTS) is 1. The molecule has 0 aliphatic carbocycles. The van der Waals surface area contributed by atoms with Crippen LogP contribution in [0, 0.1) is 5.41 Å². The summed E-state index contributed by atoms with van der Waals surface area (Å²) in [6.45, 7) is 1.69. The van der Waals surface area contributed by atoms with Gasteiger partial charge in [-0.15, -0.1) is 0 Å². The van der Waals surface area contributed by atoms with Gasteiger partial charge in [-0.1, -0.05) is 60.7 Å². The van der Waals surface area contributed by atoms with Gasteiger partial charge in [0.15, 0.2) is 5.96 Å². The molecule has 0 fully saturated rings. The summed E-state index contributed by atoms with van der Waals surface area (Å²) in [6.07, 6.45) is 0.409. The number of hydrogen-bond donors (Lipinski definition) is 13. The molecular weight excluding hydrogens is 747 g/mol. The van der Waals surface area contributed by atoms with E-state index in [2.05, 4.69) is 49.8 Å². The number of carbonyl (C=O) groups excluding carboxylic acids is 6. The van der Waals surface area contributed by atoms with Crippen molar-refractivity contribution >= 4 is 60.1 Å². The first-order valence-corrected chi connectivity index (χ1v) is 18.5. The number of hydrogen-bond acceptors (Lipinski definition) is 10. The van der Waals surface area contributed by atoms with Crippen molar-refractivity contribution in [1.82, 2.24) is 37.2 Å². The summed E-state index contributed by atoms with van der Waals surface area (Å²) in [7, 11) is 0. The van der Waals surface area contributed by atoms with Gasteiger partial charge in [0.2, 0.25) is 29.5 Å². The minimum absolute atomic E-state index is 0.0160. The smallest absolute Gasteiger partial charge is 0.327 e. The fourth-order valence-corrected chi connectivity index (χ4v) is 5.53. The van der Waals surface area contributed by atoms with Crippen LogP contribution in [0.3, 0.4) is 0 Å². The molecule has 15 N–H and O–H groups in total. The van der Waals surface area contributed by atoms with Crippen LogP contribution in [0.15, 0.2) is 60.7 Å². The van der Waals surface area contributed by atoms with E-state index in [9.17, 15) is 38.7 Å². The minimum atomic E-state index is -1.35. The topological polar surface area (TPSA) is 326 Å². The maximum absolute atomic E-state index is 14.1. The summed E-state index contributed by atoms with van der Waals surface area (Å²) in [4.78, 5) is 90.6. The zero-order chi connectivity index (χ0) is 41.6. The van der Waals surface area contributed by atoms with Crippen LogP contribution in [-0.4, -0.2) is 108 Å². The van der Waals surface area contributed by atoms with Gasteiger partial charge in [0.25, 0.3) is 0 Å². The molecule has 0 saturated carbocycles. The number of nitrogens with two attached hydrogens (primary N) is 3. The third-order valence-corrected chi connectivity index (χ3v) is 8.63. The van der Waals surface area contributed by atoms with E-state index in [1.807, 2.05) is 0 Å². The average molecular weight is 800 g/mol. The van der Waals surface area contributed by atoms with Crippen molar-refractivity contribution in [1.29, 1.82) is 5.41 Å². The molecule has 0 aliphatic rings. The van der Waals surface area contributed by atoms with E-state index in [1.54, 1.807) is 60.7 Å². The van der Waals surface area contributed by atoms with Crippen molar-refractivity contribution in [3.05, 3.63) is 71.8 Å². The number of carbonyl (C=O) groups is 7. The second-order valence-electron chi connectivity index (χ2n) is 12.9. The molecule has 0 spiro atoms. The second kappa shape index (κ2) is 24.5. The Hall–Kier alpha value is -5.89. The monoisotopic (exact) mass is 799 g/mol. The third-order valence-electron chi connectivity index (χ3n) is 8.26. The van der Waals surface area contributed by atoms with Crippen molar-refractivity contribution in [3.8, 4) is 0 Å². The van der Waals surface area contributed by atoms with E-state index < -0.39 is 77.8 Å². The van der Waals surface area contributed by atoms with E-state index in [4.69, 9.17) is 22.6 Å². The highest BCUT2D eigenvalue weighted by molar-refractivity contribution is 7.80. The van der Waals surface area contributed by atoms with Crippen molar-refractivity contribution in [2.45, 2.75) is 81.7 Å². The molecule has 0 heterocycles. The molecule has 19 nitrogen and oxygen atoms in total. The quantitative estimate of drug-likeness (QED) is 0.0238. The fourth-order valence-electron chi connectivity index (χ4n) is 5.28. The van der Waals surface area contributed by atoms with Gasteiger partial charge in [-0.2, -0.15) is 12.6 Å². The summed E-state index contributed by atoms with van der Waals surface area (Å²) in [5.74, 6) is -5.59. The summed E-state index contributed by atoms with van der Waals surface area (Å²) in [6, 6.07) is 9.27. The molecule has 6 atom stereocenters. The molecule has 2 aromatic carbocycles. The number of urea groups is 1. The minimum Gasteiger partial charge on any atom is -0.480 e. The molecule has 0 unspecified atom stereocenters. The first kappa shape index (κ1) is 46.3. The highest BCUT2D eigenvalue weighted by atomic mass is 32.1. The lowest BCUT2D eigenvalue weighted by Gasteiger charge is -2.27. The Balaban J connectivity index is 2.43. The van der Waals surface area contributed by atoms with Crippen LogP contribution in [0.4, 0.5) is 4.79 Å². The molecule has 20 heteroatoms. The Labute approximate surface area is 330 Å². The van der Waals surface area contributed by atoms with Gasteiger partial charge in [0.05, 0.1) is 6.04 Å². The van der Waals surface area contributed by atoms with E-state index in [-0.39, 0.29) is 63.3 Å². The highest BCUT2D eigenvalue weighted by Gasteiger charge is 2.33. The Morgan fingerprint density at radius 2 is 1.00 bits per heavy atom. The molecule has 2 rings (SSSR count). The molecule has 0 aromatic heterocycles. The number of carboxylic acids is 1. The normalized spacial score (nSPS) is 13.9. The average Bonchev–Trinajstić information content (AvgIpc) is 3.15. The van der Waals surface area contributed by atoms with E-state index in [0.717, 1.165) is 0 Å². The van der Waals surface area contributed by atoms with Crippen LogP contribution in [0.1, 0.15) is 43.7 Å². The van der Waals surface area contributed by atoms with Gasteiger partial charge < -0.3 is 59.5 Å². The maximum atomic E-state index is 14.1. The summed E-state index contributed by atoms with van der Waals surface area (Å²) >= 11 is 4.01. The summed E-state index contributed by atoms with van der Waals surface area (Å²) < 4.78 is 0. The molecule has 0 radical (unpaired) electrons. The fraction of sp³-hybridized carbons (Fsp3) is 0.444. The van der Waals surface area contributed by atoms with Gasteiger partial charge in [-0.05, 0) is 43.7 Å². The van der Waals surface area contributed by atoms with E-state index in [1.165, 1.54) is 6.92 Å². The number of guanidine groups is 1. The van der Waals surface area contributed by atoms with Crippen LogP contribution in [0.25, 0.3) is 0 Å². The summed E-state index contributed by atoms with van der Waals surface area (Å²) in [5, 5.41) is 35.0. The molecule has 2 aromatic rings. The SMILES string of the molecule is C[C@@H](N)C(=O)N[C@@H](CCCNC(N)=O)C(=O)N[C@H](Cc1ccccc1)C(=O)N[C@@H](CCCNC(=N)N)C(=O)N[C@@H](Cc1ccccc1)C(=O)N[C@@H](CS)C(=O)O. The third kappa shape index (κ3) is 17.5. The van der Waals surface area contributed by atoms with E-state index in [0.29, 0.717) is 11.1 Å². The van der Waals surface area contributed by atoms with Gasteiger partial charge in [0.1, 0.15) is 30.2 Å². The number of rotatable bonds is 24.